The molecule has 0 aliphatic heterocycles. The lowest BCUT2D eigenvalue weighted by molar-refractivity contribution is -0.143. The van der Waals surface area contributed by atoms with Crippen molar-refractivity contribution >= 4 is 11.9 Å². The summed E-state index contributed by atoms with van der Waals surface area (Å²) in [5.41, 5.74) is 0. The quantitative estimate of drug-likeness (QED) is 0.0320. The smallest absolute Gasteiger partial charge is 0.305 e. The summed E-state index contributed by atoms with van der Waals surface area (Å²) in [6, 6.07) is -0.547. The first-order valence-corrected chi connectivity index (χ1v) is 34.7. The molecule has 77 heavy (non-hydrogen) atoms. The fraction of sp³-hybridized carbons (Fsp3) is 0.887. The Labute approximate surface area is 481 Å². The first-order chi connectivity index (χ1) is 38.0. The van der Waals surface area contributed by atoms with Gasteiger partial charge in [-0.15, -0.1) is 0 Å². The molecule has 0 aliphatic rings. The largest absolute Gasteiger partial charge is 0.465 e. The van der Waals surface area contributed by atoms with Gasteiger partial charge in [-0.25, -0.2) is 0 Å². The van der Waals surface area contributed by atoms with Crippen LogP contribution >= 0.6 is 0 Å². The molecule has 6 heteroatoms. The predicted molar refractivity (Wildman–Crippen MR) is 338 cm³/mol. The number of amides is 1. The molecule has 0 aromatic heterocycles. The lowest BCUT2D eigenvalue weighted by Gasteiger charge is -2.22. The van der Waals surface area contributed by atoms with Crippen molar-refractivity contribution in [2.24, 2.45) is 0 Å². The Kier molecular flexibility index (Phi) is 64.9. The van der Waals surface area contributed by atoms with E-state index in [2.05, 4.69) is 55.6 Å². The van der Waals surface area contributed by atoms with Crippen LogP contribution in [-0.2, 0) is 14.3 Å². The summed E-state index contributed by atoms with van der Waals surface area (Å²) >= 11 is 0. The highest BCUT2D eigenvalue weighted by Gasteiger charge is 2.20. The van der Waals surface area contributed by atoms with Crippen LogP contribution in [0.2, 0.25) is 0 Å². The van der Waals surface area contributed by atoms with Gasteiger partial charge >= 0.3 is 5.97 Å². The molecule has 0 aromatic carbocycles. The molecule has 3 N–H and O–H groups in total. The third-order valence-electron chi connectivity index (χ3n) is 16.2. The van der Waals surface area contributed by atoms with Gasteiger partial charge in [0.2, 0.25) is 5.91 Å². The zero-order valence-electron chi connectivity index (χ0n) is 52.0. The molecule has 0 heterocycles. The van der Waals surface area contributed by atoms with E-state index in [1.165, 1.54) is 295 Å². The minimum atomic E-state index is -0.670. The Morgan fingerprint density at radius 3 is 1.00 bits per heavy atom. The molecule has 0 rings (SSSR count). The summed E-state index contributed by atoms with van der Waals surface area (Å²) in [5.74, 6) is -0.0788. The van der Waals surface area contributed by atoms with Crippen LogP contribution in [0, 0.1) is 0 Å². The fourth-order valence-corrected chi connectivity index (χ4v) is 10.9. The number of esters is 1. The molecule has 2 atom stereocenters. The zero-order chi connectivity index (χ0) is 55.7. The van der Waals surface area contributed by atoms with Gasteiger partial charge in [-0.05, 0) is 70.6 Å². The van der Waals surface area contributed by atoms with E-state index < -0.39 is 12.1 Å². The van der Waals surface area contributed by atoms with E-state index in [-0.39, 0.29) is 18.5 Å². The van der Waals surface area contributed by atoms with Crippen LogP contribution in [0.4, 0.5) is 0 Å². The molecule has 0 aromatic rings. The lowest BCUT2D eigenvalue weighted by Crippen LogP contribution is -2.45. The number of carbonyl (C=O) groups excluding carboxylic acids is 2. The van der Waals surface area contributed by atoms with Crippen molar-refractivity contribution in [1.29, 1.82) is 0 Å². The molecule has 0 fully saturated rings. The molecule has 1 amide bonds. The number of allylic oxidation sites excluding steroid dienone is 5. The highest BCUT2D eigenvalue weighted by molar-refractivity contribution is 5.76. The van der Waals surface area contributed by atoms with Gasteiger partial charge in [-0.3, -0.25) is 9.59 Å². The summed E-state index contributed by atoms with van der Waals surface area (Å²) in [4.78, 5) is 24.6. The van der Waals surface area contributed by atoms with Crippen molar-refractivity contribution in [3.8, 4) is 0 Å². The fourth-order valence-electron chi connectivity index (χ4n) is 10.9. The Bertz CT molecular complexity index is 1250. The molecule has 0 aliphatic carbocycles. The highest BCUT2D eigenvalue weighted by Crippen LogP contribution is 2.19. The zero-order valence-corrected chi connectivity index (χ0v) is 52.0. The van der Waals surface area contributed by atoms with Crippen LogP contribution in [0.25, 0.3) is 0 Å². The number of ether oxygens (including phenoxy) is 1. The molecular formula is C71H135NO5. The molecule has 0 saturated carbocycles. The number of aliphatic hydroxyl groups is 2. The molecule has 0 spiro atoms. The first-order valence-electron chi connectivity index (χ1n) is 34.7. The number of nitrogens with one attached hydrogen (secondary N) is 1. The number of rotatable bonds is 65. The summed E-state index contributed by atoms with van der Waals surface area (Å²) in [7, 11) is 0. The van der Waals surface area contributed by atoms with E-state index in [1.807, 2.05) is 0 Å². The SMILES string of the molecule is CCCCCCC/C=C\CCCCCCCC(=O)OCC/C=C\C/C=C\CCCCCCCCCCCCCCCCC(=O)NC(CO)C(O)CCCCCCCCCCCCCCCCCCCCCCCCCCC. The molecular weight excluding hydrogens is 947 g/mol. The lowest BCUT2D eigenvalue weighted by atomic mass is 10.0. The second kappa shape index (κ2) is 66.6. The number of unbranched alkanes of at least 4 members (excludes halogenated alkanes) is 48. The normalized spacial score (nSPS) is 12.7. The Hall–Kier alpha value is -1.92. The summed E-state index contributed by atoms with van der Waals surface area (Å²) in [6.07, 6.45) is 84.8. The van der Waals surface area contributed by atoms with Gasteiger partial charge in [-0.2, -0.15) is 0 Å². The Morgan fingerprint density at radius 1 is 0.364 bits per heavy atom. The van der Waals surface area contributed by atoms with Gasteiger partial charge in [0.05, 0.1) is 25.4 Å². The minimum absolute atomic E-state index is 0.0357. The van der Waals surface area contributed by atoms with E-state index in [1.54, 1.807) is 0 Å². The predicted octanol–water partition coefficient (Wildman–Crippen LogP) is 22.3. The topological polar surface area (TPSA) is 95.9 Å². The maximum atomic E-state index is 12.6. The van der Waals surface area contributed by atoms with Gasteiger partial charge < -0.3 is 20.3 Å². The van der Waals surface area contributed by atoms with E-state index in [0.717, 1.165) is 51.4 Å². The molecule has 2 unspecified atom stereocenters. The maximum absolute atomic E-state index is 12.6. The van der Waals surface area contributed by atoms with Crippen LogP contribution in [0.15, 0.2) is 36.5 Å². The molecule has 6 nitrogen and oxygen atoms in total. The Balaban J connectivity index is 3.44. The third kappa shape index (κ3) is 63.1. The number of hydrogen-bond donors (Lipinski definition) is 3. The number of aliphatic hydroxyl groups excluding tert-OH is 2. The maximum Gasteiger partial charge on any atom is 0.305 e. The van der Waals surface area contributed by atoms with Gasteiger partial charge in [0, 0.05) is 12.8 Å². The minimum Gasteiger partial charge on any atom is -0.465 e. The molecule has 0 saturated heterocycles. The van der Waals surface area contributed by atoms with Crippen LogP contribution in [0.3, 0.4) is 0 Å². The van der Waals surface area contributed by atoms with Crippen molar-refractivity contribution in [2.75, 3.05) is 13.2 Å². The number of carbonyl (C=O) groups is 2. The van der Waals surface area contributed by atoms with Crippen LogP contribution in [0.1, 0.15) is 380 Å². The second-order valence-corrected chi connectivity index (χ2v) is 23.9. The van der Waals surface area contributed by atoms with Crippen LogP contribution in [0.5, 0.6) is 0 Å². The van der Waals surface area contributed by atoms with E-state index in [0.29, 0.717) is 25.9 Å². The van der Waals surface area contributed by atoms with Gasteiger partial charge in [0.15, 0.2) is 0 Å². The summed E-state index contributed by atoms with van der Waals surface area (Å²) in [5, 5.41) is 23.4. The van der Waals surface area contributed by atoms with E-state index in [9.17, 15) is 19.8 Å². The van der Waals surface area contributed by atoms with Crippen LogP contribution in [-0.4, -0.2) is 47.4 Å². The monoisotopic (exact) mass is 1080 g/mol. The van der Waals surface area contributed by atoms with Crippen molar-refractivity contribution < 1.29 is 24.5 Å². The second-order valence-electron chi connectivity index (χ2n) is 23.9. The molecule has 454 valence electrons. The first kappa shape index (κ1) is 75.1. The Morgan fingerprint density at radius 2 is 0.649 bits per heavy atom. The van der Waals surface area contributed by atoms with E-state index >= 15 is 0 Å². The molecule has 0 radical (unpaired) electrons. The summed E-state index contributed by atoms with van der Waals surface area (Å²) in [6.45, 7) is 4.86. The van der Waals surface area contributed by atoms with Crippen molar-refractivity contribution in [1.82, 2.24) is 5.32 Å². The van der Waals surface area contributed by atoms with Gasteiger partial charge in [0.1, 0.15) is 0 Å². The van der Waals surface area contributed by atoms with Crippen molar-refractivity contribution in [3.63, 3.8) is 0 Å². The standard InChI is InChI=1S/C71H135NO5/c1-3-5-7-9-11-13-15-17-19-20-21-22-23-24-25-27-30-33-36-39-43-47-51-55-59-63-69(74)68(67-73)72-70(75)64-60-56-52-48-44-40-37-34-31-28-26-29-32-35-38-42-46-50-54-58-62-66-77-71(76)65-61-57-53-49-45-41-18-16-14-12-10-8-6-4-2/h16,18,42,46,54,58,68-69,73-74H,3-15,17,19-41,43-45,47-53,55-57,59-67H2,1-2H3,(H,72,75)/b18-16-,46-42-,58-54-. The number of hydrogen-bond acceptors (Lipinski definition) is 5. The molecule has 0 bridgehead atoms. The van der Waals surface area contributed by atoms with Gasteiger partial charge in [-0.1, -0.05) is 333 Å². The van der Waals surface area contributed by atoms with Crippen molar-refractivity contribution in [3.05, 3.63) is 36.5 Å². The van der Waals surface area contributed by atoms with Crippen molar-refractivity contribution in [2.45, 2.75) is 392 Å². The van der Waals surface area contributed by atoms with Crippen LogP contribution < -0.4 is 5.32 Å². The average molecular weight is 1080 g/mol. The average Bonchev–Trinajstić information content (AvgIpc) is 3.43. The third-order valence-corrected chi connectivity index (χ3v) is 16.2. The van der Waals surface area contributed by atoms with E-state index in [4.69, 9.17) is 4.74 Å². The summed E-state index contributed by atoms with van der Waals surface area (Å²) < 4.78 is 5.42. The highest BCUT2D eigenvalue weighted by atomic mass is 16.5. The van der Waals surface area contributed by atoms with Gasteiger partial charge in [0.25, 0.3) is 0 Å².